The van der Waals surface area contributed by atoms with Gasteiger partial charge in [0.05, 0.1) is 16.8 Å². The molecule has 1 atom stereocenters. The van der Waals surface area contributed by atoms with Crippen LogP contribution in [0.15, 0.2) is 17.0 Å². The maximum atomic E-state index is 8.79. The number of nitrogens with zero attached hydrogens (tertiary/aromatic N) is 1. The smallest absolute Gasteiger partial charge is 0.124 e. The van der Waals surface area contributed by atoms with E-state index in [1.54, 1.807) is 11.8 Å². The number of fused-ring (bicyclic) bond motifs is 1. The second-order valence-electron chi connectivity index (χ2n) is 3.26. The summed E-state index contributed by atoms with van der Waals surface area (Å²) >= 11 is 7.76. The molecule has 72 valence electrons. The summed E-state index contributed by atoms with van der Waals surface area (Å²) in [6.45, 7) is 2.02. The summed E-state index contributed by atoms with van der Waals surface area (Å²) in [5, 5.41) is 12.6. The summed E-state index contributed by atoms with van der Waals surface area (Å²) in [6.07, 6.45) is 0. The zero-order valence-corrected chi connectivity index (χ0v) is 9.25. The van der Waals surface area contributed by atoms with E-state index < -0.39 is 0 Å². The number of nitriles is 1. The van der Waals surface area contributed by atoms with E-state index in [1.165, 1.54) is 0 Å². The predicted molar refractivity (Wildman–Crippen MR) is 59.9 cm³/mol. The third-order valence-electron chi connectivity index (χ3n) is 2.08. The van der Waals surface area contributed by atoms with Crippen LogP contribution in [0.1, 0.15) is 5.56 Å². The first-order chi connectivity index (χ1) is 6.70. The number of hydrogen-bond acceptors (Lipinski definition) is 3. The molecule has 0 aliphatic carbocycles. The standard InChI is InChI=1S/C10H9ClN2S/c1-6-2-8(11)10-9(3-6)14-5-7(4-12)13-10/h2-3,7,13H,5H2,1H3. The van der Waals surface area contributed by atoms with E-state index in [4.69, 9.17) is 16.9 Å². The maximum Gasteiger partial charge on any atom is 0.124 e. The van der Waals surface area contributed by atoms with E-state index in [1.807, 2.05) is 13.0 Å². The van der Waals surface area contributed by atoms with Crippen LogP contribution in [0.2, 0.25) is 5.02 Å². The van der Waals surface area contributed by atoms with E-state index in [2.05, 4.69) is 17.5 Å². The number of benzene rings is 1. The number of rotatable bonds is 0. The quantitative estimate of drug-likeness (QED) is 0.736. The Kier molecular flexibility index (Phi) is 2.58. The molecule has 1 aliphatic heterocycles. The van der Waals surface area contributed by atoms with Crippen LogP contribution in [0.3, 0.4) is 0 Å². The van der Waals surface area contributed by atoms with Gasteiger partial charge < -0.3 is 5.32 Å². The minimum Gasteiger partial charge on any atom is -0.367 e. The van der Waals surface area contributed by atoms with Crippen molar-refractivity contribution >= 4 is 29.1 Å². The summed E-state index contributed by atoms with van der Waals surface area (Å²) in [5.74, 6) is 0.781. The fourth-order valence-corrected chi connectivity index (χ4v) is 2.89. The van der Waals surface area contributed by atoms with Crippen LogP contribution in [0.4, 0.5) is 5.69 Å². The van der Waals surface area contributed by atoms with E-state index in [0.717, 1.165) is 21.9 Å². The molecule has 4 heteroatoms. The predicted octanol–water partition coefficient (Wildman–Crippen LogP) is 3.06. The number of anilines is 1. The summed E-state index contributed by atoms with van der Waals surface area (Å²) < 4.78 is 0. The minimum absolute atomic E-state index is 0.132. The van der Waals surface area contributed by atoms with Gasteiger partial charge in [-0.25, -0.2) is 0 Å². The highest BCUT2D eigenvalue weighted by Crippen LogP contribution is 2.38. The molecular formula is C10H9ClN2S. The Labute approximate surface area is 92.3 Å². The maximum absolute atomic E-state index is 8.79. The normalized spacial score (nSPS) is 19.4. The van der Waals surface area contributed by atoms with Crippen molar-refractivity contribution < 1.29 is 0 Å². The molecule has 0 amide bonds. The molecule has 14 heavy (non-hydrogen) atoms. The topological polar surface area (TPSA) is 35.8 Å². The largest absolute Gasteiger partial charge is 0.367 e. The molecule has 0 radical (unpaired) electrons. The lowest BCUT2D eigenvalue weighted by molar-refractivity contribution is 0.996. The average molecular weight is 225 g/mol. The monoisotopic (exact) mass is 224 g/mol. The molecule has 1 aromatic carbocycles. The number of thioether (sulfide) groups is 1. The number of halogens is 1. The highest BCUT2D eigenvalue weighted by atomic mass is 35.5. The van der Waals surface area contributed by atoms with E-state index in [0.29, 0.717) is 5.02 Å². The van der Waals surface area contributed by atoms with Crippen molar-refractivity contribution in [3.05, 3.63) is 22.7 Å². The highest BCUT2D eigenvalue weighted by molar-refractivity contribution is 7.99. The Bertz CT molecular complexity index is 411. The van der Waals surface area contributed by atoms with Crippen LogP contribution in [0.5, 0.6) is 0 Å². The first kappa shape index (κ1) is 9.70. The van der Waals surface area contributed by atoms with Crippen molar-refractivity contribution in [3.63, 3.8) is 0 Å². The fraction of sp³-hybridized carbons (Fsp3) is 0.300. The molecule has 0 bridgehead atoms. The Morgan fingerprint density at radius 2 is 2.43 bits per heavy atom. The summed E-state index contributed by atoms with van der Waals surface area (Å²) in [6, 6.07) is 6.06. The second-order valence-corrected chi connectivity index (χ2v) is 4.73. The third-order valence-corrected chi connectivity index (χ3v) is 3.51. The summed E-state index contributed by atoms with van der Waals surface area (Å²) in [5.41, 5.74) is 2.05. The Morgan fingerprint density at radius 3 is 3.14 bits per heavy atom. The van der Waals surface area contributed by atoms with Gasteiger partial charge in [-0.3, -0.25) is 0 Å². The van der Waals surface area contributed by atoms with Crippen LogP contribution in [0, 0.1) is 18.3 Å². The van der Waals surface area contributed by atoms with Crippen LogP contribution in [-0.2, 0) is 0 Å². The van der Waals surface area contributed by atoms with Crippen molar-refractivity contribution in [1.82, 2.24) is 0 Å². The van der Waals surface area contributed by atoms with Gasteiger partial charge in [0, 0.05) is 10.6 Å². The zero-order chi connectivity index (χ0) is 10.1. The van der Waals surface area contributed by atoms with Gasteiger partial charge in [0.15, 0.2) is 0 Å². The van der Waals surface area contributed by atoms with Crippen molar-refractivity contribution in [1.29, 1.82) is 5.26 Å². The van der Waals surface area contributed by atoms with Crippen molar-refractivity contribution in [2.24, 2.45) is 0 Å². The Hall–Kier alpha value is -0.850. The Balaban J connectivity index is 2.43. The number of hydrogen-bond donors (Lipinski definition) is 1. The van der Waals surface area contributed by atoms with Crippen LogP contribution in [0.25, 0.3) is 0 Å². The molecule has 1 N–H and O–H groups in total. The zero-order valence-electron chi connectivity index (χ0n) is 7.67. The molecule has 1 unspecified atom stereocenters. The molecule has 0 fully saturated rings. The molecule has 0 spiro atoms. The van der Waals surface area contributed by atoms with Crippen molar-refractivity contribution in [2.45, 2.75) is 17.9 Å². The van der Waals surface area contributed by atoms with Crippen LogP contribution in [-0.4, -0.2) is 11.8 Å². The first-order valence-electron chi connectivity index (χ1n) is 4.30. The van der Waals surface area contributed by atoms with E-state index >= 15 is 0 Å². The van der Waals surface area contributed by atoms with Gasteiger partial charge in [0.1, 0.15) is 6.04 Å². The second kappa shape index (κ2) is 3.72. The van der Waals surface area contributed by atoms with Crippen LogP contribution < -0.4 is 5.32 Å². The molecule has 0 aromatic heterocycles. The molecule has 2 rings (SSSR count). The lowest BCUT2D eigenvalue weighted by Gasteiger charge is -2.23. The molecule has 0 saturated heterocycles. The summed E-state index contributed by atoms with van der Waals surface area (Å²) in [4.78, 5) is 1.14. The number of aryl methyl sites for hydroxylation is 1. The van der Waals surface area contributed by atoms with Crippen LogP contribution >= 0.6 is 23.4 Å². The van der Waals surface area contributed by atoms with Gasteiger partial charge in [-0.1, -0.05) is 11.6 Å². The van der Waals surface area contributed by atoms with Crippen molar-refractivity contribution in [3.8, 4) is 6.07 Å². The molecule has 1 aliphatic rings. The lowest BCUT2D eigenvalue weighted by Crippen LogP contribution is -2.24. The van der Waals surface area contributed by atoms with Gasteiger partial charge >= 0.3 is 0 Å². The van der Waals surface area contributed by atoms with Gasteiger partial charge in [-0.15, -0.1) is 11.8 Å². The third kappa shape index (κ3) is 1.68. The molecular weight excluding hydrogens is 216 g/mol. The first-order valence-corrected chi connectivity index (χ1v) is 5.66. The van der Waals surface area contributed by atoms with Gasteiger partial charge in [0.2, 0.25) is 0 Å². The Morgan fingerprint density at radius 1 is 1.64 bits per heavy atom. The lowest BCUT2D eigenvalue weighted by atomic mass is 10.2. The van der Waals surface area contributed by atoms with Crippen molar-refractivity contribution in [2.75, 3.05) is 11.1 Å². The average Bonchev–Trinajstić information content (AvgIpc) is 2.17. The molecule has 1 aromatic rings. The fourth-order valence-electron chi connectivity index (χ4n) is 1.42. The van der Waals surface area contributed by atoms with E-state index in [-0.39, 0.29) is 6.04 Å². The SMILES string of the molecule is Cc1cc(Cl)c2c(c1)SCC(C#N)N2. The van der Waals surface area contributed by atoms with Gasteiger partial charge in [-0.05, 0) is 24.6 Å². The van der Waals surface area contributed by atoms with E-state index in [9.17, 15) is 0 Å². The molecule has 0 saturated carbocycles. The summed E-state index contributed by atoms with van der Waals surface area (Å²) in [7, 11) is 0. The number of nitrogens with one attached hydrogen (secondary N) is 1. The minimum atomic E-state index is -0.132. The molecule has 1 heterocycles. The highest BCUT2D eigenvalue weighted by Gasteiger charge is 2.19. The molecule has 2 nitrogen and oxygen atoms in total. The van der Waals surface area contributed by atoms with Gasteiger partial charge in [-0.2, -0.15) is 5.26 Å². The van der Waals surface area contributed by atoms with Gasteiger partial charge in [0.25, 0.3) is 0 Å².